The van der Waals surface area contributed by atoms with Crippen LogP contribution in [-0.2, 0) is 4.79 Å². The van der Waals surface area contributed by atoms with Gasteiger partial charge < -0.3 is 0 Å². The number of aromatic amines is 1. The van der Waals surface area contributed by atoms with Crippen LogP contribution in [0.3, 0.4) is 0 Å². The maximum atomic E-state index is 12.0. The molecule has 7 nitrogen and oxygen atoms in total. The largest absolute Gasteiger partial charge is 0.355 e. The lowest BCUT2D eigenvalue weighted by atomic mass is 9.94. The van der Waals surface area contributed by atoms with Crippen molar-refractivity contribution in [1.29, 1.82) is 0 Å². The van der Waals surface area contributed by atoms with Gasteiger partial charge in [0.15, 0.2) is 0 Å². The first kappa shape index (κ1) is 15.5. The van der Waals surface area contributed by atoms with Crippen LogP contribution >= 0.6 is 0 Å². The molecule has 0 aromatic carbocycles. The molecule has 0 spiro atoms. The Morgan fingerprint density at radius 2 is 1.90 bits per heavy atom. The van der Waals surface area contributed by atoms with Gasteiger partial charge in [-0.05, 0) is 26.7 Å². The molecule has 1 aliphatic carbocycles. The van der Waals surface area contributed by atoms with E-state index in [0.717, 1.165) is 36.7 Å². The maximum Gasteiger partial charge on any atom is 0.355 e. The van der Waals surface area contributed by atoms with E-state index in [1.54, 1.807) is 13.8 Å². The van der Waals surface area contributed by atoms with E-state index in [0.29, 0.717) is 0 Å². The van der Waals surface area contributed by atoms with Crippen molar-refractivity contribution in [3.8, 4) is 0 Å². The summed E-state index contributed by atoms with van der Waals surface area (Å²) >= 11 is 0. The highest BCUT2D eigenvalue weighted by Crippen LogP contribution is 2.24. The number of hydrogen-bond donors (Lipinski definition) is 1. The minimum absolute atomic E-state index is 0.00806. The molecule has 1 amide bonds. The van der Waals surface area contributed by atoms with Crippen LogP contribution in [0.15, 0.2) is 9.59 Å². The Morgan fingerprint density at radius 1 is 1.29 bits per heavy atom. The van der Waals surface area contributed by atoms with E-state index in [1.807, 2.05) is 0 Å². The average molecular weight is 294 g/mol. The van der Waals surface area contributed by atoms with Crippen LogP contribution in [0.2, 0.25) is 0 Å². The molecule has 116 valence electrons. The summed E-state index contributed by atoms with van der Waals surface area (Å²) in [5, 5.41) is 0. The fourth-order valence-electron chi connectivity index (χ4n) is 2.90. The summed E-state index contributed by atoms with van der Waals surface area (Å²) in [4.78, 5) is 43.9. The first-order valence-electron chi connectivity index (χ1n) is 7.44. The number of nitrogens with one attached hydrogen (secondary N) is 1. The van der Waals surface area contributed by atoms with Gasteiger partial charge >= 0.3 is 11.4 Å². The van der Waals surface area contributed by atoms with E-state index in [9.17, 15) is 14.4 Å². The molecule has 0 bridgehead atoms. The molecule has 7 heteroatoms. The van der Waals surface area contributed by atoms with E-state index < -0.39 is 11.4 Å². The molecular weight excluding hydrogens is 272 g/mol. The minimum atomic E-state index is -0.620. The fraction of sp³-hybridized carbons (Fsp3) is 0.714. The SMILES string of the molecule is CC(=O)N(c1nc(=O)n(C(C)C)c(=O)[nH]1)C1CCCCC1. The fourth-order valence-corrected chi connectivity index (χ4v) is 2.90. The molecule has 1 aromatic heterocycles. The quantitative estimate of drug-likeness (QED) is 0.907. The third-order valence-corrected chi connectivity index (χ3v) is 3.87. The van der Waals surface area contributed by atoms with Gasteiger partial charge in [-0.3, -0.25) is 14.7 Å². The standard InChI is InChI=1S/C14H22N4O3/c1-9(2)17-13(20)15-12(16-14(17)21)18(10(3)19)11-7-5-4-6-8-11/h9,11H,4-8H2,1-3H3,(H,15,16,20,21). The number of carbonyl (C=O) groups is 1. The number of rotatable bonds is 3. The highest BCUT2D eigenvalue weighted by atomic mass is 16.2. The van der Waals surface area contributed by atoms with Crippen LogP contribution < -0.4 is 16.3 Å². The summed E-state index contributed by atoms with van der Waals surface area (Å²) in [6.45, 7) is 4.91. The lowest BCUT2D eigenvalue weighted by Gasteiger charge is -2.32. The van der Waals surface area contributed by atoms with Gasteiger partial charge in [0, 0.05) is 19.0 Å². The molecule has 0 aliphatic heterocycles. The molecule has 1 aliphatic rings. The first-order chi connectivity index (χ1) is 9.91. The van der Waals surface area contributed by atoms with Crippen molar-refractivity contribution >= 4 is 11.9 Å². The number of aromatic nitrogens is 3. The zero-order valence-corrected chi connectivity index (χ0v) is 12.8. The first-order valence-corrected chi connectivity index (χ1v) is 7.44. The van der Waals surface area contributed by atoms with Crippen LogP contribution in [0.25, 0.3) is 0 Å². The van der Waals surface area contributed by atoms with Gasteiger partial charge in [-0.15, -0.1) is 0 Å². The van der Waals surface area contributed by atoms with Crippen molar-refractivity contribution in [2.45, 2.75) is 65.0 Å². The smallest absolute Gasteiger partial charge is 0.279 e. The van der Waals surface area contributed by atoms with Crippen molar-refractivity contribution in [1.82, 2.24) is 14.5 Å². The van der Waals surface area contributed by atoms with Gasteiger partial charge in [0.2, 0.25) is 11.9 Å². The predicted octanol–water partition coefficient (Wildman–Crippen LogP) is 1.20. The third kappa shape index (κ3) is 3.22. The maximum absolute atomic E-state index is 12.0. The molecule has 0 unspecified atom stereocenters. The zero-order valence-electron chi connectivity index (χ0n) is 12.8. The van der Waals surface area contributed by atoms with Gasteiger partial charge in [-0.2, -0.15) is 4.98 Å². The number of anilines is 1. The van der Waals surface area contributed by atoms with Gasteiger partial charge in [-0.1, -0.05) is 19.3 Å². The monoisotopic (exact) mass is 294 g/mol. The van der Waals surface area contributed by atoms with E-state index in [-0.39, 0.29) is 23.9 Å². The Bertz CT molecular complexity index is 595. The van der Waals surface area contributed by atoms with Crippen molar-refractivity contribution in [3.63, 3.8) is 0 Å². The highest BCUT2D eigenvalue weighted by Gasteiger charge is 2.27. The molecule has 1 N–H and O–H groups in total. The lowest BCUT2D eigenvalue weighted by molar-refractivity contribution is -0.117. The molecule has 0 radical (unpaired) electrons. The lowest BCUT2D eigenvalue weighted by Crippen LogP contribution is -2.46. The number of hydrogen-bond acceptors (Lipinski definition) is 4. The van der Waals surface area contributed by atoms with Crippen LogP contribution in [0.4, 0.5) is 5.95 Å². The molecule has 1 aromatic rings. The number of carbonyl (C=O) groups excluding carboxylic acids is 1. The van der Waals surface area contributed by atoms with E-state index in [4.69, 9.17) is 0 Å². The van der Waals surface area contributed by atoms with Crippen molar-refractivity contribution in [3.05, 3.63) is 21.0 Å². The second-order valence-corrected chi connectivity index (χ2v) is 5.79. The summed E-state index contributed by atoms with van der Waals surface area (Å²) in [6.07, 6.45) is 4.98. The summed E-state index contributed by atoms with van der Waals surface area (Å²) < 4.78 is 1.04. The summed E-state index contributed by atoms with van der Waals surface area (Å²) in [7, 11) is 0. The minimum Gasteiger partial charge on any atom is -0.279 e. The summed E-state index contributed by atoms with van der Waals surface area (Å²) in [6, 6.07) is -0.267. The number of nitrogens with zero attached hydrogens (tertiary/aromatic N) is 3. The molecular formula is C14H22N4O3. The number of amides is 1. The van der Waals surface area contributed by atoms with Gasteiger partial charge in [0.25, 0.3) is 0 Å². The molecule has 1 fully saturated rings. The Balaban J connectivity index is 2.44. The molecule has 1 saturated carbocycles. The van der Waals surface area contributed by atoms with Crippen LogP contribution in [0.5, 0.6) is 0 Å². The molecule has 1 heterocycles. The van der Waals surface area contributed by atoms with E-state index in [1.165, 1.54) is 11.8 Å². The molecule has 21 heavy (non-hydrogen) atoms. The molecule has 0 atom stereocenters. The molecule has 2 rings (SSSR count). The highest BCUT2D eigenvalue weighted by molar-refractivity contribution is 5.90. The molecule has 0 saturated heterocycles. The Labute approximate surface area is 123 Å². The predicted molar refractivity (Wildman–Crippen MR) is 79.5 cm³/mol. The normalized spacial score (nSPS) is 16.2. The van der Waals surface area contributed by atoms with Gasteiger partial charge in [-0.25, -0.2) is 14.2 Å². The van der Waals surface area contributed by atoms with Crippen molar-refractivity contribution < 1.29 is 4.79 Å². The Kier molecular flexibility index (Phi) is 4.59. The average Bonchev–Trinajstić information content (AvgIpc) is 2.38. The van der Waals surface area contributed by atoms with Crippen LogP contribution in [0, 0.1) is 0 Å². The van der Waals surface area contributed by atoms with Gasteiger partial charge in [0.1, 0.15) is 0 Å². The summed E-state index contributed by atoms with van der Waals surface area (Å²) in [5.74, 6) is -0.131. The Morgan fingerprint density at radius 3 is 2.38 bits per heavy atom. The second-order valence-electron chi connectivity index (χ2n) is 5.79. The van der Waals surface area contributed by atoms with E-state index >= 15 is 0 Å². The van der Waals surface area contributed by atoms with Crippen molar-refractivity contribution in [2.24, 2.45) is 0 Å². The van der Waals surface area contributed by atoms with Crippen LogP contribution in [0.1, 0.15) is 58.9 Å². The summed E-state index contributed by atoms with van der Waals surface area (Å²) in [5.41, 5.74) is -1.15. The van der Waals surface area contributed by atoms with E-state index in [2.05, 4.69) is 9.97 Å². The second kappa shape index (κ2) is 6.24. The Hall–Kier alpha value is -1.92. The van der Waals surface area contributed by atoms with Crippen molar-refractivity contribution in [2.75, 3.05) is 4.90 Å². The third-order valence-electron chi connectivity index (χ3n) is 3.87. The van der Waals surface area contributed by atoms with Crippen LogP contribution in [-0.4, -0.2) is 26.5 Å². The van der Waals surface area contributed by atoms with Gasteiger partial charge in [0.05, 0.1) is 0 Å². The zero-order chi connectivity index (χ0) is 15.6. The topological polar surface area (TPSA) is 88.1 Å². The number of H-pyrrole nitrogens is 1.